The zero-order chi connectivity index (χ0) is 22.0. The highest BCUT2D eigenvalue weighted by Gasteiger charge is 2.32. The number of nitrogens with two attached hydrogens (primary N) is 1. The summed E-state index contributed by atoms with van der Waals surface area (Å²) in [6, 6.07) is -4.31. The largest absolute Gasteiger partial charge is 0.480 e. The van der Waals surface area contributed by atoms with Crippen LogP contribution in [-0.2, 0) is 19.2 Å². The van der Waals surface area contributed by atoms with Crippen molar-refractivity contribution in [1.82, 2.24) is 16.0 Å². The zero-order valence-corrected chi connectivity index (χ0v) is 17.7. The average Bonchev–Trinajstić information content (AvgIpc) is 2.60. The highest BCUT2D eigenvalue weighted by molar-refractivity contribution is 7.98. The van der Waals surface area contributed by atoms with Gasteiger partial charge in [-0.25, -0.2) is 0 Å². The second kappa shape index (κ2) is 12.6. The van der Waals surface area contributed by atoms with Gasteiger partial charge in [-0.1, -0.05) is 13.8 Å². The van der Waals surface area contributed by atoms with Crippen LogP contribution in [0.2, 0.25) is 0 Å². The minimum atomic E-state index is -1.31. The molecule has 0 heterocycles. The molecule has 0 saturated carbocycles. The van der Waals surface area contributed by atoms with Gasteiger partial charge >= 0.3 is 5.97 Å². The summed E-state index contributed by atoms with van der Waals surface area (Å²) in [5.74, 6) is -2.94. The molecule has 3 amide bonds. The minimum Gasteiger partial charge on any atom is -0.480 e. The van der Waals surface area contributed by atoms with E-state index in [-0.39, 0.29) is 5.92 Å². The lowest BCUT2D eigenvalue weighted by atomic mass is 10.0. The molecule has 0 aliphatic carbocycles. The van der Waals surface area contributed by atoms with Gasteiger partial charge in [-0.15, -0.1) is 0 Å². The van der Waals surface area contributed by atoms with Gasteiger partial charge < -0.3 is 31.9 Å². The SMILES string of the molecule is CSCCC(N)C(=O)NC(C(=O)NC(C(=O)NC(C)C(=O)O)C(C)C)C(C)O. The Kier molecular flexibility index (Phi) is 11.7. The molecule has 0 aromatic rings. The Hall–Kier alpha value is -1.85. The van der Waals surface area contributed by atoms with Crippen LogP contribution in [0, 0.1) is 5.92 Å². The maximum atomic E-state index is 12.6. The smallest absolute Gasteiger partial charge is 0.325 e. The molecule has 28 heavy (non-hydrogen) atoms. The first-order valence-corrected chi connectivity index (χ1v) is 10.4. The van der Waals surface area contributed by atoms with E-state index < -0.39 is 54.0 Å². The first-order valence-electron chi connectivity index (χ1n) is 8.98. The maximum absolute atomic E-state index is 12.6. The Morgan fingerprint density at radius 2 is 1.43 bits per heavy atom. The second-order valence-electron chi connectivity index (χ2n) is 6.91. The van der Waals surface area contributed by atoms with Crippen LogP contribution in [0.15, 0.2) is 0 Å². The third kappa shape index (κ3) is 8.89. The number of aliphatic carboxylic acids is 1. The van der Waals surface area contributed by atoms with E-state index in [9.17, 15) is 24.3 Å². The van der Waals surface area contributed by atoms with Crippen LogP contribution in [-0.4, -0.2) is 76.2 Å². The molecule has 5 unspecified atom stereocenters. The Balaban J connectivity index is 5.14. The number of aliphatic hydroxyl groups excluding tert-OH is 1. The molecule has 0 aromatic heterocycles. The summed E-state index contributed by atoms with van der Waals surface area (Å²) in [6.07, 6.45) is 1.05. The van der Waals surface area contributed by atoms with Crippen molar-refractivity contribution in [2.45, 2.75) is 64.4 Å². The van der Waals surface area contributed by atoms with Crippen molar-refractivity contribution < 1.29 is 29.4 Å². The molecule has 0 aliphatic rings. The fraction of sp³-hybridized carbons (Fsp3) is 0.765. The number of thioether (sulfide) groups is 1. The van der Waals surface area contributed by atoms with Crippen LogP contribution in [0.1, 0.15) is 34.1 Å². The monoisotopic (exact) mass is 420 g/mol. The Morgan fingerprint density at radius 3 is 1.86 bits per heavy atom. The van der Waals surface area contributed by atoms with Crippen molar-refractivity contribution >= 4 is 35.5 Å². The number of rotatable bonds is 12. The lowest BCUT2D eigenvalue weighted by Gasteiger charge is -2.27. The van der Waals surface area contributed by atoms with Gasteiger partial charge in [-0.2, -0.15) is 11.8 Å². The van der Waals surface area contributed by atoms with E-state index in [1.54, 1.807) is 13.8 Å². The summed E-state index contributed by atoms with van der Waals surface area (Å²) in [7, 11) is 0. The normalized spacial score (nSPS) is 16.4. The lowest BCUT2D eigenvalue weighted by molar-refractivity contribution is -0.142. The predicted octanol–water partition coefficient (Wildman–Crippen LogP) is -1.34. The van der Waals surface area contributed by atoms with Gasteiger partial charge in [0.15, 0.2) is 0 Å². The molecule has 0 radical (unpaired) electrons. The number of aliphatic hydroxyl groups is 1. The van der Waals surface area contributed by atoms with Gasteiger partial charge in [-0.05, 0) is 38.2 Å². The van der Waals surface area contributed by atoms with Gasteiger partial charge in [0, 0.05) is 0 Å². The minimum absolute atomic E-state index is 0.362. The Labute approximate surface area is 169 Å². The summed E-state index contributed by atoms with van der Waals surface area (Å²) < 4.78 is 0. The Bertz CT molecular complexity index is 558. The number of hydrogen-bond donors (Lipinski definition) is 6. The lowest BCUT2D eigenvalue weighted by Crippen LogP contribution is -2.60. The van der Waals surface area contributed by atoms with Crippen molar-refractivity contribution in [2.75, 3.05) is 12.0 Å². The molecular formula is C17H32N4O6S. The number of amides is 3. The average molecular weight is 421 g/mol. The molecule has 7 N–H and O–H groups in total. The van der Waals surface area contributed by atoms with Crippen LogP contribution < -0.4 is 21.7 Å². The van der Waals surface area contributed by atoms with Gasteiger partial charge in [0.25, 0.3) is 0 Å². The third-order valence-corrected chi connectivity index (χ3v) is 4.65. The van der Waals surface area contributed by atoms with Crippen LogP contribution >= 0.6 is 11.8 Å². The molecule has 0 saturated heterocycles. The molecule has 0 spiro atoms. The van der Waals surface area contributed by atoms with Crippen molar-refractivity contribution in [2.24, 2.45) is 11.7 Å². The topological polar surface area (TPSA) is 171 Å². The van der Waals surface area contributed by atoms with Gasteiger partial charge in [0.05, 0.1) is 12.1 Å². The first-order chi connectivity index (χ1) is 12.9. The number of carbonyl (C=O) groups excluding carboxylic acids is 3. The summed E-state index contributed by atoms with van der Waals surface area (Å²) in [5.41, 5.74) is 5.77. The van der Waals surface area contributed by atoms with Gasteiger partial charge in [-0.3, -0.25) is 19.2 Å². The molecule has 0 bridgehead atoms. The number of carboxylic acid groups (broad SMARTS) is 1. The van der Waals surface area contributed by atoms with Crippen molar-refractivity contribution in [3.8, 4) is 0 Å². The predicted molar refractivity (Wildman–Crippen MR) is 107 cm³/mol. The van der Waals surface area contributed by atoms with Crippen LogP contribution in [0.25, 0.3) is 0 Å². The number of nitrogens with one attached hydrogen (secondary N) is 3. The molecule has 11 heteroatoms. The third-order valence-electron chi connectivity index (χ3n) is 4.01. The van der Waals surface area contributed by atoms with Gasteiger partial charge in [0.1, 0.15) is 18.1 Å². The van der Waals surface area contributed by atoms with Gasteiger partial charge in [0.2, 0.25) is 17.7 Å². The fourth-order valence-corrected chi connectivity index (χ4v) is 2.67. The molecule has 162 valence electrons. The highest BCUT2D eigenvalue weighted by atomic mass is 32.2. The fourth-order valence-electron chi connectivity index (χ4n) is 2.18. The molecule has 5 atom stereocenters. The van der Waals surface area contributed by atoms with Crippen LogP contribution in [0.4, 0.5) is 0 Å². The molecule has 0 rings (SSSR count). The summed E-state index contributed by atoms with van der Waals surface area (Å²) in [5, 5.41) is 26.0. The second-order valence-corrected chi connectivity index (χ2v) is 7.90. The molecule has 0 aromatic carbocycles. The summed E-state index contributed by atoms with van der Waals surface area (Å²) in [6.45, 7) is 5.97. The van der Waals surface area contributed by atoms with E-state index in [1.165, 1.54) is 25.6 Å². The summed E-state index contributed by atoms with van der Waals surface area (Å²) >= 11 is 1.53. The van der Waals surface area contributed by atoms with E-state index in [4.69, 9.17) is 10.8 Å². The Morgan fingerprint density at radius 1 is 0.929 bits per heavy atom. The molecule has 0 aliphatic heterocycles. The summed E-state index contributed by atoms with van der Waals surface area (Å²) in [4.78, 5) is 48.0. The van der Waals surface area contributed by atoms with E-state index >= 15 is 0 Å². The van der Waals surface area contributed by atoms with E-state index in [0.717, 1.165) is 0 Å². The number of hydrogen-bond acceptors (Lipinski definition) is 7. The van der Waals surface area contributed by atoms with E-state index in [1.807, 2.05) is 6.26 Å². The van der Waals surface area contributed by atoms with Crippen molar-refractivity contribution in [1.29, 1.82) is 0 Å². The number of carboxylic acids is 1. The molecule has 0 fully saturated rings. The van der Waals surface area contributed by atoms with E-state index in [0.29, 0.717) is 12.2 Å². The quantitative estimate of drug-likeness (QED) is 0.225. The molecular weight excluding hydrogens is 388 g/mol. The highest BCUT2D eigenvalue weighted by Crippen LogP contribution is 2.05. The van der Waals surface area contributed by atoms with Crippen molar-refractivity contribution in [3.05, 3.63) is 0 Å². The van der Waals surface area contributed by atoms with Crippen LogP contribution in [0.5, 0.6) is 0 Å². The number of carbonyl (C=O) groups is 4. The standard InChI is InChI=1S/C17H32N4O6S/c1-8(2)12(15(24)19-9(3)17(26)27)20-16(25)13(10(4)22)21-14(23)11(18)6-7-28-5/h8-13,22H,6-7,18H2,1-5H3,(H,19,24)(H,20,25)(H,21,23)(H,26,27). The maximum Gasteiger partial charge on any atom is 0.325 e. The van der Waals surface area contributed by atoms with E-state index in [2.05, 4.69) is 16.0 Å². The van der Waals surface area contributed by atoms with Crippen LogP contribution in [0.3, 0.4) is 0 Å². The first kappa shape index (κ1) is 26.1. The zero-order valence-electron chi connectivity index (χ0n) is 16.9. The molecule has 10 nitrogen and oxygen atoms in total. The van der Waals surface area contributed by atoms with Crippen molar-refractivity contribution in [3.63, 3.8) is 0 Å².